The van der Waals surface area contributed by atoms with Gasteiger partial charge in [-0.25, -0.2) is 0 Å². The Hall–Kier alpha value is -0.650. The molecule has 11 heavy (non-hydrogen) atoms. The number of carbonyl (C=O) groups excluding carboxylic acids is 1. The Labute approximate surface area is 65.3 Å². The molecular weight excluding hydrogens is 150 g/mol. The highest BCUT2D eigenvalue weighted by Gasteiger charge is 1.95. The van der Waals surface area contributed by atoms with Crippen molar-refractivity contribution >= 4 is 5.97 Å². The fraction of sp³-hybridized carbons (Fsp3) is 0.833. The second kappa shape index (κ2) is 7.46. The topological polar surface area (TPSA) is 67.8 Å². The molecule has 0 aromatic carbocycles. The van der Waals surface area contributed by atoms with Gasteiger partial charge in [0, 0.05) is 6.42 Å². The molecule has 0 spiro atoms. The van der Waals surface area contributed by atoms with Gasteiger partial charge in [0.05, 0.1) is 13.2 Å². The third kappa shape index (κ3) is 7.24. The summed E-state index contributed by atoms with van der Waals surface area (Å²) in [4.78, 5) is 14.9. The standard InChI is InChI=1S/C6H13NO4/c1-2-6(9)11-7-5-10-4-3-8/h7-8H,2-5H2,1H3. The maximum absolute atomic E-state index is 10.5. The van der Waals surface area contributed by atoms with Crippen LogP contribution in [0.5, 0.6) is 0 Å². The third-order valence-corrected chi connectivity index (χ3v) is 0.871. The Morgan fingerprint density at radius 3 is 2.91 bits per heavy atom. The average Bonchev–Trinajstić information content (AvgIpc) is 2.04. The van der Waals surface area contributed by atoms with Crippen molar-refractivity contribution in [1.29, 1.82) is 0 Å². The summed E-state index contributed by atoms with van der Waals surface area (Å²) in [5.41, 5.74) is 2.29. The molecule has 0 bridgehead atoms. The van der Waals surface area contributed by atoms with Crippen LogP contribution in [0.1, 0.15) is 13.3 Å². The van der Waals surface area contributed by atoms with Crippen LogP contribution in [0.3, 0.4) is 0 Å². The zero-order valence-corrected chi connectivity index (χ0v) is 6.50. The summed E-state index contributed by atoms with van der Waals surface area (Å²) in [7, 11) is 0. The normalized spacial score (nSPS) is 9.64. The summed E-state index contributed by atoms with van der Waals surface area (Å²) in [6.45, 7) is 1.99. The molecule has 0 unspecified atom stereocenters. The largest absolute Gasteiger partial charge is 0.394 e. The Balaban J connectivity index is 2.95. The molecule has 0 aliphatic heterocycles. The van der Waals surface area contributed by atoms with E-state index in [-0.39, 0.29) is 25.9 Å². The summed E-state index contributed by atoms with van der Waals surface area (Å²) in [5, 5.41) is 8.26. The molecule has 0 aromatic heterocycles. The first-order valence-corrected chi connectivity index (χ1v) is 3.42. The average molecular weight is 163 g/mol. The van der Waals surface area contributed by atoms with Crippen LogP contribution in [0.15, 0.2) is 0 Å². The van der Waals surface area contributed by atoms with Gasteiger partial charge in [0.1, 0.15) is 6.73 Å². The van der Waals surface area contributed by atoms with Crippen LogP contribution in [0.2, 0.25) is 0 Å². The first-order valence-electron chi connectivity index (χ1n) is 3.42. The smallest absolute Gasteiger partial charge is 0.324 e. The van der Waals surface area contributed by atoms with E-state index in [1.807, 2.05) is 0 Å². The highest BCUT2D eigenvalue weighted by molar-refractivity contribution is 5.68. The second-order valence-electron chi connectivity index (χ2n) is 1.75. The number of hydrogen-bond acceptors (Lipinski definition) is 5. The SMILES string of the molecule is CCC(=O)ONCOCCO. The van der Waals surface area contributed by atoms with E-state index in [4.69, 9.17) is 9.84 Å². The van der Waals surface area contributed by atoms with Crippen LogP contribution in [-0.4, -0.2) is 31.0 Å². The lowest BCUT2D eigenvalue weighted by molar-refractivity contribution is -0.155. The molecule has 5 nitrogen and oxygen atoms in total. The maximum Gasteiger partial charge on any atom is 0.324 e. The minimum Gasteiger partial charge on any atom is -0.394 e. The molecule has 0 saturated carbocycles. The van der Waals surface area contributed by atoms with Crippen molar-refractivity contribution in [3.8, 4) is 0 Å². The van der Waals surface area contributed by atoms with Gasteiger partial charge in [-0.15, -0.1) is 5.48 Å². The van der Waals surface area contributed by atoms with Gasteiger partial charge in [0.15, 0.2) is 0 Å². The van der Waals surface area contributed by atoms with Gasteiger partial charge in [0.25, 0.3) is 0 Å². The predicted octanol–water partition coefficient (Wildman–Crippen LogP) is -0.589. The van der Waals surface area contributed by atoms with Crippen LogP contribution >= 0.6 is 0 Å². The summed E-state index contributed by atoms with van der Waals surface area (Å²) in [6, 6.07) is 0. The van der Waals surface area contributed by atoms with Crippen LogP contribution in [0.4, 0.5) is 0 Å². The van der Waals surface area contributed by atoms with Gasteiger partial charge in [-0.1, -0.05) is 6.92 Å². The fourth-order valence-electron chi connectivity index (χ4n) is 0.361. The highest BCUT2D eigenvalue weighted by atomic mass is 16.7. The highest BCUT2D eigenvalue weighted by Crippen LogP contribution is 1.79. The monoisotopic (exact) mass is 163 g/mol. The third-order valence-electron chi connectivity index (χ3n) is 0.871. The molecule has 0 aliphatic rings. The van der Waals surface area contributed by atoms with E-state index in [1.165, 1.54) is 0 Å². The Morgan fingerprint density at radius 2 is 2.36 bits per heavy atom. The summed E-state index contributed by atoms with van der Waals surface area (Å²) >= 11 is 0. The quantitative estimate of drug-likeness (QED) is 0.311. The van der Waals surface area contributed by atoms with Crippen molar-refractivity contribution in [2.75, 3.05) is 19.9 Å². The lowest BCUT2D eigenvalue weighted by Crippen LogP contribution is -2.22. The lowest BCUT2D eigenvalue weighted by Gasteiger charge is -2.03. The molecule has 0 aromatic rings. The maximum atomic E-state index is 10.5. The number of hydrogen-bond donors (Lipinski definition) is 2. The van der Waals surface area contributed by atoms with E-state index in [0.29, 0.717) is 6.42 Å². The van der Waals surface area contributed by atoms with Crippen LogP contribution in [0, 0.1) is 0 Å². The molecule has 5 heteroatoms. The number of aliphatic hydroxyl groups excluding tert-OH is 1. The number of rotatable bonds is 6. The predicted molar refractivity (Wildman–Crippen MR) is 37.4 cm³/mol. The van der Waals surface area contributed by atoms with E-state index < -0.39 is 0 Å². The van der Waals surface area contributed by atoms with Crippen molar-refractivity contribution in [3.63, 3.8) is 0 Å². The van der Waals surface area contributed by atoms with E-state index in [1.54, 1.807) is 6.92 Å². The number of nitrogens with one attached hydrogen (secondary N) is 1. The van der Waals surface area contributed by atoms with E-state index in [2.05, 4.69) is 10.3 Å². The summed E-state index contributed by atoms with van der Waals surface area (Å²) < 4.78 is 4.74. The van der Waals surface area contributed by atoms with Gasteiger partial charge in [-0.05, 0) is 0 Å². The molecule has 0 rings (SSSR count). The number of hydroxylamine groups is 1. The molecule has 2 N–H and O–H groups in total. The van der Waals surface area contributed by atoms with Crippen molar-refractivity contribution in [3.05, 3.63) is 0 Å². The fourth-order valence-corrected chi connectivity index (χ4v) is 0.361. The minimum atomic E-state index is -0.336. The van der Waals surface area contributed by atoms with Gasteiger partial charge in [-0.2, -0.15) is 0 Å². The Kier molecular flexibility index (Phi) is 7.02. The van der Waals surface area contributed by atoms with Gasteiger partial charge in [0.2, 0.25) is 0 Å². The van der Waals surface area contributed by atoms with Gasteiger partial charge in [-0.3, -0.25) is 4.79 Å². The molecule has 0 atom stereocenters. The Morgan fingerprint density at radius 1 is 1.64 bits per heavy atom. The van der Waals surface area contributed by atoms with Crippen molar-refractivity contribution in [2.45, 2.75) is 13.3 Å². The van der Waals surface area contributed by atoms with E-state index >= 15 is 0 Å². The number of ether oxygens (including phenoxy) is 1. The molecule has 0 amide bonds. The van der Waals surface area contributed by atoms with Crippen molar-refractivity contribution in [2.24, 2.45) is 0 Å². The minimum absolute atomic E-state index is 0.0383. The first-order chi connectivity index (χ1) is 5.31. The van der Waals surface area contributed by atoms with Crippen molar-refractivity contribution in [1.82, 2.24) is 5.48 Å². The first kappa shape index (κ1) is 10.3. The Bertz CT molecular complexity index is 107. The molecule has 0 fully saturated rings. The zero-order valence-electron chi connectivity index (χ0n) is 6.50. The summed E-state index contributed by atoms with van der Waals surface area (Å²) in [5.74, 6) is -0.336. The van der Waals surface area contributed by atoms with E-state index in [9.17, 15) is 4.79 Å². The zero-order chi connectivity index (χ0) is 8.53. The summed E-state index contributed by atoms with van der Waals surface area (Å²) in [6.07, 6.45) is 0.326. The molecule has 0 saturated heterocycles. The van der Waals surface area contributed by atoms with E-state index in [0.717, 1.165) is 0 Å². The van der Waals surface area contributed by atoms with Crippen LogP contribution < -0.4 is 5.48 Å². The molecule has 0 radical (unpaired) electrons. The molecule has 0 heterocycles. The van der Waals surface area contributed by atoms with Crippen molar-refractivity contribution < 1.29 is 19.5 Å². The second-order valence-corrected chi connectivity index (χ2v) is 1.75. The number of aliphatic hydroxyl groups is 1. The molecule has 66 valence electrons. The molecule has 0 aliphatic carbocycles. The molecular formula is C6H13NO4. The van der Waals surface area contributed by atoms with Crippen LogP contribution in [0.25, 0.3) is 0 Å². The number of carbonyl (C=O) groups is 1. The van der Waals surface area contributed by atoms with Crippen LogP contribution in [-0.2, 0) is 14.4 Å². The lowest BCUT2D eigenvalue weighted by atomic mass is 10.5. The van der Waals surface area contributed by atoms with Gasteiger partial charge < -0.3 is 14.7 Å². The van der Waals surface area contributed by atoms with Gasteiger partial charge >= 0.3 is 5.97 Å².